The summed E-state index contributed by atoms with van der Waals surface area (Å²) in [6.45, 7) is 9.21. The zero-order valence-electron chi connectivity index (χ0n) is 12.1. The molecule has 0 amide bonds. The maximum absolute atomic E-state index is 11.0. The fraction of sp³-hybridized carbons (Fsp3) is 0.562. The molecule has 1 N–H and O–H groups in total. The fourth-order valence-corrected chi connectivity index (χ4v) is 2.68. The number of rotatable bonds is 3. The molecule has 0 aliphatic carbocycles. The molecule has 1 fully saturated rings. The van der Waals surface area contributed by atoms with E-state index in [1.54, 1.807) is 0 Å². The zero-order valence-corrected chi connectivity index (χ0v) is 12.1. The normalized spacial score (nSPS) is 22.9. The Bertz CT molecular complexity index is 493. The van der Waals surface area contributed by atoms with Crippen LogP contribution in [0, 0.1) is 6.92 Å². The molecule has 1 saturated heterocycles. The first-order valence-corrected chi connectivity index (χ1v) is 6.72. The van der Waals surface area contributed by atoms with Gasteiger partial charge in [0.1, 0.15) is 5.60 Å². The minimum atomic E-state index is -0.806. The van der Waals surface area contributed by atoms with Crippen LogP contribution in [0.5, 0.6) is 0 Å². The van der Waals surface area contributed by atoms with Crippen molar-refractivity contribution in [1.29, 1.82) is 0 Å². The van der Waals surface area contributed by atoms with Crippen LogP contribution in [0.2, 0.25) is 0 Å². The lowest BCUT2D eigenvalue weighted by molar-refractivity contribution is -0.176. The summed E-state index contributed by atoms with van der Waals surface area (Å²) in [5.74, 6) is -0.806. The first-order valence-electron chi connectivity index (χ1n) is 6.72. The SMILES string of the molecule is Cc1cc(C(C)(C)C)ccc1C1(CC(=O)O)CCO1. The van der Waals surface area contributed by atoms with Gasteiger partial charge in [-0.05, 0) is 29.0 Å². The van der Waals surface area contributed by atoms with Crippen molar-refractivity contribution in [3.8, 4) is 0 Å². The molecule has 1 unspecified atom stereocenters. The van der Waals surface area contributed by atoms with E-state index in [-0.39, 0.29) is 11.8 Å². The molecular weight excluding hydrogens is 240 g/mol. The van der Waals surface area contributed by atoms with Gasteiger partial charge in [0.15, 0.2) is 0 Å². The van der Waals surface area contributed by atoms with E-state index >= 15 is 0 Å². The van der Waals surface area contributed by atoms with Gasteiger partial charge >= 0.3 is 5.97 Å². The van der Waals surface area contributed by atoms with Crippen molar-refractivity contribution in [3.05, 3.63) is 34.9 Å². The number of carboxylic acids is 1. The molecule has 1 aliphatic rings. The highest BCUT2D eigenvalue weighted by Crippen LogP contribution is 2.42. The molecule has 1 heterocycles. The van der Waals surface area contributed by atoms with Gasteiger partial charge in [-0.25, -0.2) is 0 Å². The van der Waals surface area contributed by atoms with Gasteiger partial charge < -0.3 is 9.84 Å². The minimum Gasteiger partial charge on any atom is -0.481 e. The van der Waals surface area contributed by atoms with Crippen LogP contribution in [0.15, 0.2) is 18.2 Å². The second-order valence-corrected chi connectivity index (χ2v) is 6.44. The molecule has 3 heteroatoms. The van der Waals surface area contributed by atoms with Crippen LogP contribution in [-0.2, 0) is 20.5 Å². The largest absolute Gasteiger partial charge is 0.481 e. The smallest absolute Gasteiger partial charge is 0.306 e. The summed E-state index contributed by atoms with van der Waals surface area (Å²) in [6.07, 6.45) is 0.831. The van der Waals surface area contributed by atoms with Gasteiger partial charge in [0.2, 0.25) is 0 Å². The van der Waals surface area contributed by atoms with Crippen LogP contribution in [-0.4, -0.2) is 17.7 Å². The van der Waals surface area contributed by atoms with E-state index in [4.69, 9.17) is 9.84 Å². The maximum Gasteiger partial charge on any atom is 0.306 e. The summed E-state index contributed by atoms with van der Waals surface area (Å²) in [4.78, 5) is 11.0. The molecule has 3 nitrogen and oxygen atoms in total. The first-order chi connectivity index (χ1) is 8.74. The lowest BCUT2D eigenvalue weighted by Crippen LogP contribution is -2.43. The van der Waals surface area contributed by atoms with Crippen molar-refractivity contribution >= 4 is 5.97 Å². The van der Waals surface area contributed by atoms with E-state index < -0.39 is 11.6 Å². The highest BCUT2D eigenvalue weighted by molar-refractivity contribution is 5.69. The van der Waals surface area contributed by atoms with Gasteiger partial charge in [0.25, 0.3) is 0 Å². The number of aliphatic carboxylic acids is 1. The van der Waals surface area contributed by atoms with Crippen molar-refractivity contribution < 1.29 is 14.6 Å². The number of hydrogen-bond acceptors (Lipinski definition) is 2. The number of aryl methyl sites for hydroxylation is 1. The maximum atomic E-state index is 11.0. The first kappa shape index (κ1) is 14.1. The summed E-state index contributed by atoms with van der Waals surface area (Å²) in [5.41, 5.74) is 2.90. The van der Waals surface area contributed by atoms with Gasteiger partial charge in [-0.1, -0.05) is 39.0 Å². The minimum absolute atomic E-state index is 0.0443. The molecule has 0 spiro atoms. The summed E-state index contributed by atoms with van der Waals surface area (Å²) >= 11 is 0. The molecular formula is C16H22O3. The van der Waals surface area contributed by atoms with Gasteiger partial charge in [0, 0.05) is 6.42 Å². The van der Waals surface area contributed by atoms with Crippen LogP contribution in [0.3, 0.4) is 0 Å². The summed E-state index contributed by atoms with van der Waals surface area (Å²) in [5, 5.41) is 9.07. The Kier molecular flexibility index (Phi) is 3.43. The predicted octanol–water partition coefficient (Wildman–Crippen LogP) is 3.38. The van der Waals surface area contributed by atoms with Gasteiger partial charge in [-0.3, -0.25) is 4.79 Å². The van der Waals surface area contributed by atoms with Crippen LogP contribution < -0.4 is 0 Å². The average Bonchev–Trinajstić information content (AvgIpc) is 2.22. The second kappa shape index (κ2) is 4.64. The number of ether oxygens (including phenoxy) is 1. The van der Waals surface area contributed by atoms with E-state index in [0.29, 0.717) is 6.61 Å². The number of benzene rings is 1. The van der Waals surface area contributed by atoms with E-state index in [1.807, 2.05) is 13.0 Å². The Morgan fingerprint density at radius 2 is 2.05 bits per heavy atom. The Morgan fingerprint density at radius 1 is 1.42 bits per heavy atom. The van der Waals surface area contributed by atoms with E-state index in [1.165, 1.54) is 5.56 Å². The van der Waals surface area contributed by atoms with Crippen LogP contribution in [0.4, 0.5) is 0 Å². The number of carbonyl (C=O) groups is 1. The van der Waals surface area contributed by atoms with E-state index in [9.17, 15) is 4.79 Å². The zero-order chi connectivity index (χ0) is 14.3. The van der Waals surface area contributed by atoms with E-state index in [0.717, 1.165) is 17.5 Å². The Morgan fingerprint density at radius 3 is 2.42 bits per heavy atom. The van der Waals surface area contributed by atoms with Crippen LogP contribution >= 0.6 is 0 Å². The fourth-order valence-electron chi connectivity index (χ4n) is 2.68. The Balaban J connectivity index is 2.38. The van der Waals surface area contributed by atoms with Crippen molar-refractivity contribution in [2.24, 2.45) is 0 Å². The topological polar surface area (TPSA) is 46.5 Å². The predicted molar refractivity (Wildman–Crippen MR) is 74.4 cm³/mol. The third kappa shape index (κ3) is 2.66. The third-order valence-electron chi connectivity index (χ3n) is 3.90. The average molecular weight is 262 g/mol. The van der Waals surface area contributed by atoms with Crippen LogP contribution in [0.1, 0.15) is 50.3 Å². The quantitative estimate of drug-likeness (QED) is 0.908. The number of carboxylic acid groups (broad SMARTS) is 1. The third-order valence-corrected chi connectivity index (χ3v) is 3.90. The van der Waals surface area contributed by atoms with E-state index in [2.05, 4.69) is 32.9 Å². The highest BCUT2D eigenvalue weighted by Gasteiger charge is 2.43. The molecule has 0 radical (unpaired) electrons. The van der Waals surface area contributed by atoms with Crippen LogP contribution in [0.25, 0.3) is 0 Å². The Hall–Kier alpha value is -1.35. The monoisotopic (exact) mass is 262 g/mol. The molecule has 0 saturated carbocycles. The van der Waals surface area contributed by atoms with Gasteiger partial charge in [-0.2, -0.15) is 0 Å². The standard InChI is InChI=1S/C16H22O3/c1-11-9-12(15(2,3)4)5-6-13(11)16(7-8-19-16)10-14(17)18/h5-6,9H,7-8,10H2,1-4H3,(H,17,18). The molecule has 0 aromatic heterocycles. The van der Waals surface area contributed by atoms with Gasteiger partial charge in [-0.15, -0.1) is 0 Å². The van der Waals surface area contributed by atoms with Gasteiger partial charge in [0.05, 0.1) is 13.0 Å². The molecule has 1 aromatic rings. The number of hydrogen-bond donors (Lipinski definition) is 1. The molecule has 0 bridgehead atoms. The molecule has 1 aliphatic heterocycles. The van der Waals surface area contributed by atoms with Crippen molar-refractivity contribution in [2.45, 2.75) is 51.6 Å². The lowest BCUT2D eigenvalue weighted by Gasteiger charge is -2.42. The molecule has 19 heavy (non-hydrogen) atoms. The molecule has 1 aromatic carbocycles. The summed E-state index contributed by atoms with van der Waals surface area (Å²) in [6, 6.07) is 6.28. The highest BCUT2D eigenvalue weighted by atomic mass is 16.5. The molecule has 2 rings (SSSR count). The summed E-state index contributed by atoms with van der Waals surface area (Å²) < 4.78 is 5.64. The Labute approximate surface area is 114 Å². The van der Waals surface area contributed by atoms with Crippen molar-refractivity contribution in [1.82, 2.24) is 0 Å². The second-order valence-electron chi connectivity index (χ2n) is 6.44. The van der Waals surface area contributed by atoms with Crippen molar-refractivity contribution in [2.75, 3.05) is 6.61 Å². The molecule has 1 atom stereocenters. The van der Waals surface area contributed by atoms with Crippen molar-refractivity contribution in [3.63, 3.8) is 0 Å². The summed E-state index contributed by atoms with van der Waals surface area (Å²) in [7, 11) is 0. The molecule has 104 valence electrons. The lowest BCUT2D eigenvalue weighted by atomic mass is 9.78.